The molecule has 2 aliphatic rings. The first kappa shape index (κ1) is 43.4. The lowest BCUT2D eigenvalue weighted by Gasteiger charge is -2.47. The van der Waals surface area contributed by atoms with E-state index < -0.39 is 11.5 Å². The van der Waals surface area contributed by atoms with Gasteiger partial charge in [-0.1, -0.05) is 42.5 Å². The van der Waals surface area contributed by atoms with E-state index in [0.29, 0.717) is 84.2 Å². The number of piperidine rings is 1. The van der Waals surface area contributed by atoms with Gasteiger partial charge in [0, 0.05) is 96.9 Å². The monoisotopic (exact) mass is 899 g/mol. The van der Waals surface area contributed by atoms with E-state index in [1.54, 1.807) is 51.8 Å². The van der Waals surface area contributed by atoms with Gasteiger partial charge in [0.05, 0.1) is 53.7 Å². The van der Waals surface area contributed by atoms with Gasteiger partial charge in [0.1, 0.15) is 0 Å². The third kappa shape index (κ3) is 8.31. The third-order valence-corrected chi connectivity index (χ3v) is 13.1. The van der Waals surface area contributed by atoms with Crippen molar-refractivity contribution in [1.29, 1.82) is 10.5 Å². The number of hydrogen-bond donors (Lipinski definition) is 1. The molecule has 2 saturated heterocycles. The Bertz CT molecular complexity index is 3320. The molecule has 2 atom stereocenters. The molecule has 1 N–H and O–H groups in total. The van der Waals surface area contributed by atoms with Crippen LogP contribution in [0.4, 0.5) is 0 Å². The number of rotatable bonds is 8. The maximum Gasteiger partial charge on any atom is 0.253 e. The highest BCUT2D eigenvalue weighted by Gasteiger charge is 2.43. The van der Waals surface area contributed by atoms with Crippen molar-refractivity contribution in [3.05, 3.63) is 156 Å². The highest BCUT2D eigenvalue weighted by molar-refractivity contribution is 5.96. The van der Waals surface area contributed by atoms with Crippen molar-refractivity contribution in [2.75, 3.05) is 39.4 Å². The van der Waals surface area contributed by atoms with Gasteiger partial charge in [0.2, 0.25) is 5.91 Å². The summed E-state index contributed by atoms with van der Waals surface area (Å²) in [4.78, 5) is 54.3. The highest BCUT2D eigenvalue weighted by atomic mass is 16.5. The summed E-state index contributed by atoms with van der Waals surface area (Å²) in [5.74, 6) is -0.837. The van der Waals surface area contributed by atoms with Crippen LogP contribution in [-0.2, 0) is 9.53 Å². The highest BCUT2D eigenvalue weighted by Crippen LogP contribution is 2.42. The lowest BCUT2D eigenvalue weighted by Crippen LogP contribution is -2.58. The first-order valence-corrected chi connectivity index (χ1v) is 22.5. The van der Waals surface area contributed by atoms with Crippen LogP contribution in [0.1, 0.15) is 70.0 Å². The molecule has 15 nitrogen and oxygen atoms in total. The number of fused-ring (bicyclic) bond motifs is 2. The van der Waals surface area contributed by atoms with Gasteiger partial charge >= 0.3 is 0 Å². The van der Waals surface area contributed by atoms with Gasteiger partial charge in [-0.3, -0.25) is 14.4 Å². The summed E-state index contributed by atoms with van der Waals surface area (Å²) in [5, 5.41) is 31.8. The Kier molecular flexibility index (Phi) is 11.5. The maximum atomic E-state index is 14.5. The van der Waals surface area contributed by atoms with E-state index in [2.05, 4.69) is 27.7 Å². The molecule has 10 rings (SSSR count). The van der Waals surface area contributed by atoms with Crippen LogP contribution < -0.4 is 5.32 Å². The summed E-state index contributed by atoms with van der Waals surface area (Å²) >= 11 is 0. The van der Waals surface area contributed by atoms with Gasteiger partial charge in [0.15, 0.2) is 11.3 Å². The number of nitriles is 2. The zero-order chi connectivity index (χ0) is 46.9. The number of likely N-dealkylation sites (tertiary alicyclic amines) is 1. The molecule has 0 saturated carbocycles. The van der Waals surface area contributed by atoms with Gasteiger partial charge in [-0.25, -0.2) is 19.0 Å². The van der Waals surface area contributed by atoms with Crippen LogP contribution in [0.5, 0.6) is 0 Å². The van der Waals surface area contributed by atoms with Gasteiger partial charge < -0.3 is 19.9 Å². The van der Waals surface area contributed by atoms with Crippen LogP contribution >= 0.6 is 0 Å². The fourth-order valence-electron chi connectivity index (χ4n) is 9.46. The molecule has 2 aliphatic heterocycles. The number of hydrogen-bond acceptors (Lipinski definition) is 10. The largest absolute Gasteiger partial charge is 0.380 e. The summed E-state index contributed by atoms with van der Waals surface area (Å²) in [6, 6.07) is 35.8. The van der Waals surface area contributed by atoms with Gasteiger partial charge in [-0.15, -0.1) is 0 Å². The van der Waals surface area contributed by atoms with Crippen molar-refractivity contribution in [1.82, 2.24) is 44.3 Å². The SMILES string of the molecule is CC(=O)NC1(C)CCN(C(=O)c2ccc(-c3ccn4ncc(-c5ccc(C#N)cc5)c4n3)cc2)CC1c1cc(C#N)ccc1-c1cnn2ccc(-c3ccc(C(=O)N4CCCOCC4)cc3)nc12. The van der Waals surface area contributed by atoms with E-state index in [-0.39, 0.29) is 24.3 Å². The van der Waals surface area contributed by atoms with Crippen molar-refractivity contribution < 1.29 is 19.1 Å². The number of aromatic nitrogens is 6. The lowest BCUT2D eigenvalue weighted by molar-refractivity contribution is -0.121. The second kappa shape index (κ2) is 18.0. The third-order valence-electron chi connectivity index (χ3n) is 13.1. The molecule has 3 amide bonds. The first-order valence-electron chi connectivity index (χ1n) is 22.5. The normalized spacial score (nSPS) is 17.3. The molecule has 6 heterocycles. The summed E-state index contributed by atoms with van der Waals surface area (Å²) < 4.78 is 8.94. The fraction of sp³-hybridized carbons (Fsp3) is 0.226. The zero-order valence-electron chi connectivity index (χ0n) is 37.5. The molecule has 0 bridgehead atoms. The Hall–Kier alpha value is -8.53. The molecule has 2 unspecified atom stereocenters. The summed E-state index contributed by atoms with van der Waals surface area (Å²) in [6.07, 6.45) is 8.45. The van der Waals surface area contributed by atoms with Gasteiger partial charge in [0.25, 0.3) is 11.8 Å². The molecule has 8 aromatic rings. The Labute approximate surface area is 391 Å². The molecule has 0 spiro atoms. The number of carbonyl (C=O) groups excluding carboxylic acids is 3. The number of carbonyl (C=O) groups is 3. The fourth-order valence-corrected chi connectivity index (χ4v) is 9.46. The zero-order valence-corrected chi connectivity index (χ0v) is 37.5. The Morgan fingerprint density at radius 1 is 0.662 bits per heavy atom. The van der Waals surface area contributed by atoms with Crippen molar-refractivity contribution in [2.45, 2.75) is 38.1 Å². The molecule has 0 radical (unpaired) electrons. The number of nitrogens with zero attached hydrogens (tertiary/aromatic N) is 10. The number of amides is 3. The Morgan fingerprint density at radius 3 is 1.85 bits per heavy atom. The van der Waals surface area contributed by atoms with Crippen LogP contribution in [-0.4, -0.2) is 102 Å². The summed E-state index contributed by atoms with van der Waals surface area (Å²) in [7, 11) is 0. The van der Waals surface area contributed by atoms with E-state index in [9.17, 15) is 24.9 Å². The minimum Gasteiger partial charge on any atom is -0.380 e. The molecule has 4 aromatic carbocycles. The van der Waals surface area contributed by atoms with Crippen molar-refractivity contribution in [2.24, 2.45) is 0 Å². The minimum atomic E-state index is -0.787. The topological polar surface area (TPSA) is 187 Å². The van der Waals surface area contributed by atoms with Gasteiger partial charge in [-0.05, 0) is 97.1 Å². The van der Waals surface area contributed by atoms with Crippen LogP contribution in [0.2, 0.25) is 0 Å². The van der Waals surface area contributed by atoms with E-state index in [4.69, 9.17) is 14.7 Å². The van der Waals surface area contributed by atoms with Crippen molar-refractivity contribution in [3.8, 4) is 56.9 Å². The molecule has 15 heteroatoms. The summed E-state index contributed by atoms with van der Waals surface area (Å²) in [6.45, 7) is 6.52. The van der Waals surface area contributed by atoms with Crippen LogP contribution in [0.3, 0.4) is 0 Å². The average Bonchev–Trinajstić information content (AvgIpc) is 3.89. The summed E-state index contributed by atoms with van der Waals surface area (Å²) in [5.41, 5.74) is 9.59. The average molecular weight is 900 g/mol. The van der Waals surface area contributed by atoms with Crippen molar-refractivity contribution in [3.63, 3.8) is 0 Å². The predicted octanol–water partition coefficient (Wildman–Crippen LogP) is 7.57. The second-order valence-electron chi connectivity index (χ2n) is 17.4. The standard InChI is InChI=1S/C53H45N11O4/c1-34(65)60-53(2)20-24-62(52(67)41-15-11-38(12-16-41)47-18-22-63-49(58-47)44(31-56-63)37-7-4-35(29-54)5-8-37)33-46(53)43-28-36(30-55)6-17-42(43)45-32-57-64-23-19-48(59-50(45)64)39-9-13-40(14-10-39)51(66)61-21-3-26-68-27-25-61/h4-19,22-23,28,31-32,46H,3,20-21,24-27,33H2,1-2H3,(H,60,65). The first-order chi connectivity index (χ1) is 33.1. The number of nitrogens with one attached hydrogen (secondary N) is 1. The Morgan fingerprint density at radius 2 is 1.24 bits per heavy atom. The molecular weight excluding hydrogens is 855 g/mol. The van der Waals surface area contributed by atoms with E-state index in [0.717, 1.165) is 45.4 Å². The number of benzene rings is 4. The minimum absolute atomic E-state index is 0.0293. The van der Waals surface area contributed by atoms with Crippen molar-refractivity contribution >= 4 is 29.0 Å². The van der Waals surface area contributed by atoms with E-state index in [1.807, 2.05) is 102 Å². The number of ether oxygens (including phenoxy) is 1. The second-order valence-corrected chi connectivity index (χ2v) is 17.4. The van der Waals surface area contributed by atoms with E-state index >= 15 is 0 Å². The molecule has 4 aromatic heterocycles. The Balaban J connectivity index is 0.943. The lowest BCUT2D eigenvalue weighted by atomic mass is 9.73. The quantitative estimate of drug-likeness (QED) is 0.159. The molecule has 68 heavy (non-hydrogen) atoms. The van der Waals surface area contributed by atoms with E-state index in [1.165, 1.54) is 6.92 Å². The smallest absolute Gasteiger partial charge is 0.253 e. The molecule has 2 fully saturated rings. The predicted molar refractivity (Wildman–Crippen MR) is 254 cm³/mol. The molecule has 336 valence electrons. The van der Waals surface area contributed by atoms with Crippen LogP contribution in [0.15, 0.2) is 128 Å². The molecule has 0 aliphatic carbocycles. The maximum absolute atomic E-state index is 14.5. The van der Waals surface area contributed by atoms with Crippen LogP contribution in [0, 0.1) is 22.7 Å². The van der Waals surface area contributed by atoms with Gasteiger partial charge in [-0.2, -0.15) is 20.7 Å². The van der Waals surface area contributed by atoms with Crippen LogP contribution in [0.25, 0.3) is 56.1 Å². The molecular formula is C53H45N11O4.